The number of rotatable bonds is 8. The first kappa shape index (κ1) is 25.1. The lowest BCUT2D eigenvalue weighted by Gasteiger charge is -2.33. The average Bonchev–Trinajstić information content (AvgIpc) is 2.81. The minimum absolute atomic E-state index is 0.220. The van der Waals surface area contributed by atoms with Crippen molar-refractivity contribution >= 4 is 35.2 Å². The highest BCUT2D eigenvalue weighted by Gasteiger charge is 2.46. The molecule has 0 fully saturated rings. The number of hydrogen-bond acceptors (Lipinski definition) is 5. The number of ether oxygens (including phenoxy) is 1. The van der Waals surface area contributed by atoms with Gasteiger partial charge in [-0.05, 0) is 86.1 Å². The van der Waals surface area contributed by atoms with Crippen LogP contribution in [-0.4, -0.2) is 25.1 Å². The number of hydrogen-bond donors (Lipinski definition) is 3. The molecule has 0 aliphatic carbocycles. The molecule has 184 valence electrons. The standard InChI is InChI=1S/C27H32N3O4P/c1-5-27(6-2,35(31,32)33)34-21-11-10-20(18(4)14-21)9-8-19-15-23-22-12-7-17(3)13-24(22)30-26(28)25(23)29-16-19/h7,10-16H,5-6,8-9H2,1-4H3,(H2,28,30)(H2,31,32,33). The molecule has 0 aliphatic rings. The van der Waals surface area contributed by atoms with Crippen LogP contribution in [0.4, 0.5) is 5.82 Å². The first-order chi connectivity index (χ1) is 16.6. The van der Waals surface area contributed by atoms with Crippen molar-refractivity contribution < 1.29 is 19.1 Å². The van der Waals surface area contributed by atoms with Crippen LogP contribution in [0, 0.1) is 13.8 Å². The summed E-state index contributed by atoms with van der Waals surface area (Å²) in [5, 5.41) is 0.529. The number of pyridine rings is 2. The van der Waals surface area contributed by atoms with Crippen LogP contribution < -0.4 is 10.5 Å². The Morgan fingerprint density at radius 1 is 1.00 bits per heavy atom. The Morgan fingerprint density at radius 3 is 2.40 bits per heavy atom. The fourth-order valence-corrected chi connectivity index (χ4v) is 5.62. The maximum atomic E-state index is 12.1. The monoisotopic (exact) mass is 493 g/mol. The first-order valence-electron chi connectivity index (χ1n) is 11.9. The zero-order valence-electron chi connectivity index (χ0n) is 20.6. The minimum atomic E-state index is -4.44. The van der Waals surface area contributed by atoms with Gasteiger partial charge in [0.05, 0.1) is 5.52 Å². The Hall–Kier alpha value is -2.99. The molecule has 0 aliphatic heterocycles. The lowest BCUT2D eigenvalue weighted by Crippen LogP contribution is -2.34. The number of aryl methyl sites for hydroxylation is 4. The summed E-state index contributed by atoms with van der Waals surface area (Å²) >= 11 is 0. The highest BCUT2D eigenvalue weighted by atomic mass is 31.2. The highest BCUT2D eigenvalue weighted by molar-refractivity contribution is 7.53. The molecule has 0 spiro atoms. The molecule has 7 nitrogen and oxygen atoms in total. The molecular formula is C27H32N3O4P. The van der Waals surface area contributed by atoms with E-state index in [1.54, 1.807) is 19.9 Å². The Morgan fingerprint density at radius 2 is 1.74 bits per heavy atom. The third kappa shape index (κ3) is 4.90. The molecule has 2 heterocycles. The lowest BCUT2D eigenvalue weighted by atomic mass is 9.99. The predicted molar refractivity (Wildman–Crippen MR) is 141 cm³/mol. The van der Waals surface area contributed by atoms with Crippen molar-refractivity contribution in [1.29, 1.82) is 0 Å². The zero-order chi connectivity index (χ0) is 25.4. The topological polar surface area (TPSA) is 119 Å². The number of fused-ring (bicyclic) bond motifs is 3. The van der Waals surface area contributed by atoms with E-state index in [0.717, 1.165) is 51.4 Å². The average molecular weight is 494 g/mol. The fourth-order valence-electron chi connectivity index (χ4n) is 4.58. The van der Waals surface area contributed by atoms with E-state index in [9.17, 15) is 14.4 Å². The Balaban J connectivity index is 1.57. The van der Waals surface area contributed by atoms with Gasteiger partial charge in [0.25, 0.3) is 0 Å². The molecule has 0 saturated carbocycles. The Kier molecular flexibility index (Phi) is 6.87. The van der Waals surface area contributed by atoms with Crippen LogP contribution in [0.3, 0.4) is 0 Å². The van der Waals surface area contributed by atoms with Crippen molar-refractivity contribution in [1.82, 2.24) is 9.97 Å². The summed E-state index contributed by atoms with van der Waals surface area (Å²) in [6.07, 6.45) is 3.87. The van der Waals surface area contributed by atoms with Gasteiger partial charge in [0.15, 0.2) is 5.82 Å². The smallest absolute Gasteiger partial charge is 0.368 e. The van der Waals surface area contributed by atoms with Crippen molar-refractivity contribution in [2.75, 3.05) is 5.73 Å². The van der Waals surface area contributed by atoms with Gasteiger partial charge >= 0.3 is 7.60 Å². The van der Waals surface area contributed by atoms with Crippen molar-refractivity contribution in [2.45, 2.75) is 58.7 Å². The van der Waals surface area contributed by atoms with Gasteiger partial charge in [-0.1, -0.05) is 32.0 Å². The zero-order valence-corrected chi connectivity index (χ0v) is 21.5. The van der Waals surface area contributed by atoms with Crippen LogP contribution in [0.2, 0.25) is 0 Å². The van der Waals surface area contributed by atoms with E-state index >= 15 is 0 Å². The molecule has 0 saturated heterocycles. The van der Waals surface area contributed by atoms with Crippen LogP contribution in [0.5, 0.6) is 5.75 Å². The van der Waals surface area contributed by atoms with Gasteiger partial charge in [-0.2, -0.15) is 0 Å². The van der Waals surface area contributed by atoms with Crippen LogP contribution in [0.15, 0.2) is 48.7 Å². The molecule has 0 unspecified atom stereocenters. The Labute approximate surface area is 205 Å². The van der Waals surface area contributed by atoms with E-state index in [-0.39, 0.29) is 12.8 Å². The quantitative estimate of drug-likeness (QED) is 0.208. The van der Waals surface area contributed by atoms with Crippen LogP contribution >= 0.6 is 7.60 Å². The van der Waals surface area contributed by atoms with E-state index < -0.39 is 12.9 Å². The summed E-state index contributed by atoms with van der Waals surface area (Å²) in [7, 11) is -4.44. The number of benzene rings is 2. The number of nitrogens with zero attached hydrogens (tertiary/aromatic N) is 2. The number of nitrogen functional groups attached to an aromatic ring is 1. The Bertz CT molecular complexity index is 1440. The van der Waals surface area contributed by atoms with Crippen LogP contribution in [0.25, 0.3) is 21.8 Å². The second kappa shape index (κ2) is 9.57. The van der Waals surface area contributed by atoms with Crippen LogP contribution in [0.1, 0.15) is 48.9 Å². The molecular weight excluding hydrogens is 461 g/mol. The summed E-state index contributed by atoms with van der Waals surface area (Å²) in [5.74, 6) is 0.900. The number of nitrogens with two attached hydrogens (primary N) is 1. The van der Waals surface area contributed by atoms with Gasteiger partial charge in [0, 0.05) is 17.0 Å². The normalized spacial score (nSPS) is 12.4. The predicted octanol–water partition coefficient (Wildman–Crippen LogP) is 5.84. The first-order valence-corrected chi connectivity index (χ1v) is 13.5. The van der Waals surface area contributed by atoms with E-state index in [4.69, 9.17) is 10.5 Å². The van der Waals surface area contributed by atoms with Gasteiger partial charge in [0.2, 0.25) is 5.34 Å². The lowest BCUT2D eigenvalue weighted by molar-refractivity contribution is 0.108. The van der Waals surface area contributed by atoms with E-state index in [0.29, 0.717) is 17.1 Å². The van der Waals surface area contributed by atoms with Crippen molar-refractivity contribution in [3.63, 3.8) is 0 Å². The summed E-state index contributed by atoms with van der Waals surface area (Å²) in [4.78, 5) is 28.8. The van der Waals surface area contributed by atoms with Crippen LogP contribution in [-0.2, 0) is 17.4 Å². The van der Waals surface area contributed by atoms with E-state index in [1.165, 1.54) is 0 Å². The van der Waals surface area contributed by atoms with Gasteiger partial charge < -0.3 is 20.3 Å². The van der Waals surface area contributed by atoms with Gasteiger partial charge in [-0.3, -0.25) is 9.55 Å². The maximum Gasteiger partial charge on any atom is 0.368 e. The van der Waals surface area contributed by atoms with Gasteiger partial charge in [0.1, 0.15) is 11.3 Å². The molecule has 2 aromatic heterocycles. The molecule has 4 N–H and O–H groups in total. The highest BCUT2D eigenvalue weighted by Crippen LogP contribution is 2.55. The molecule has 8 heteroatoms. The SMILES string of the molecule is CCC(CC)(Oc1ccc(CCc2cnc3c(N)nc4cc(C)ccc4c3c2)c(C)c1)P(=O)(O)O. The van der Waals surface area contributed by atoms with Crippen molar-refractivity contribution in [3.8, 4) is 5.75 Å². The summed E-state index contributed by atoms with van der Waals surface area (Å²) in [5.41, 5.74) is 12.1. The second-order valence-corrected chi connectivity index (χ2v) is 11.0. The summed E-state index contributed by atoms with van der Waals surface area (Å²) in [6.45, 7) is 7.48. The third-order valence-corrected chi connectivity index (χ3v) is 8.60. The molecule has 0 bridgehead atoms. The largest absolute Gasteiger partial charge is 0.475 e. The number of anilines is 1. The summed E-state index contributed by atoms with van der Waals surface area (Å²) in [6, 6.07) is 13.9. The molecule has 4 rings (SSSR count). The van der Waals surface area contributed by atoms with E-state index in [1.807, 2.05) is 38.2 Å². The van der Waals surface area contributed by atoms with Gasteiger partial charge in [-0.25, -0.2) is 4.98 Å². The van der Waals surface area contributed by atoms with Crippen molar-refractivity contribution in [2.24, 2.45) is 0 Å². The summed E-state index contributed by atoms with van der Waals surface area (Å²) < 4.78 is 18.0. The van der Waals surface area contributed by atoms with Crippen molar-refractivity contribution in [3.05, 3.63) is 70.9 Å². The minimum Gasteiger partial charge on any atom is -0.475 e. The molecule has 0 radical (unpaired) electrons. The number of aromatic nitrogens is 2. The third-order valence-electron chi connectivity index (χ3n) is 6.81. The fraction of sp³-hybridized carbons (Fsp3) is 0.333. The maximum absolute atomic E-state index is 12.1. The molecule has 2 aromatic carbocycles. The molecule has 35 heavy (non-hydrogen) atoms. The van der Waals surface area contributed by atoms with E-state index in [2.05, 4.69) is 28.2 Å². The van der Waals surface area contributed by atoms with Gasteiger partial charge in [-0.15, -0.1) is 0 Å². The molecule has 0 amide bonds. The molecule has 4 aromatic rings. The molecule has 0 atom stereocenters. The second-order valence-electron chi connectivity index (χ2n) is 9.15.